The second kappa shape index (κ2) is 14.4. The van der Waals surface area contributed by atoms with Crippen molar-refractivity contribution in [1.29, 1.82) is 0 Å². The molecular weight excluding hydrogens is 660 g/mol. The summed E-state index contributed by atoms with van der Waals surface area (Å²) in [5.41, 5.74) is 0.845. The highest BCUT2D eigenvalue weighted by Gasteiger charge is 2.25. The molecule has 3 heterocycles. The third-order valence-electron chi connectivity index (χ3n) is 8.65. The van der Waals surface area contributed by atoms with E-state index in [9.17, 15) is 19.1 Å². The van der Waals surface area contributed by atoms with E-state index in [1.54, 1.807) is 24.1 Å². The number of hydrogen-bond acceptors (Lipinski definition) is 9. The molecule has 6 aromatic rings. The highest BCUT2D eigenvalue weighted by atomic mass is 19.1. The van der Waals surface area contributed by atoms with Crippen molar-refractivity contribution in [2.24, 2.45) is 0 Å². The molecule has 1 aliphatic carbocycles. The van der Waals surface area contributed by atoms with Gasteiger partial charge in [-0.25, -0.2) is 18.4 Å². The van der Waals surface area contributed by atoms with Gasteiger partial charge in [0, 0.05) is 36.3 Å². The minimum Gasteiger partial charge on any atom is -0.497 e. The van der Waals surface area contributed by atoms with Crippen LogP contribution in [0.25, 0.3) is 16.7 Å². The Bertz CT molecular complexity index is 2260. The number of rotatable bonds is 10. The van der Waals surface area contributed by atoms with E-state index in [4.69, 9.17) is 14.6 Å². The molecule has 1 amide bonds. The molecule has 0 saturated heterocycles. The van der Waals surface area contributed by atoms with Gasteiger partial charge in [-0.2, -0.15) is 14.9 Å². The maximum Gasteiger partial charge on any atom is 0.284 e. The number of nitrogens with zero attached hydrogens (tertiary/aromatic N) is 5. The first-order chi connectivity index (χ1) is 24.7. The molecule has 14 heteroatoms. The fourth-order valence-corrected chi connectivity index (χ4v) is 6.09. The largest absolute Gasteiger partial charge is 0.497 e. The molecule has 0 bridgehead atoms. The highest BCUT2D eigenvalue weighted by molar-refractivity contribution is 6.04. The molecule has 2 unspecified atom stereocenters. The lowest BCUT2D eigenvalue weighted by atomic mass is 9.93. The lowest BCUT2D eigenvalue weighted by molar-refractivity contribution is 0.102. The van der Waals surface area contributed by atoms with Crippen molar-refractivity contribution in [2.45, 2.75) is 44.4 Å². The summed E-state index contributed by atoms with van der Waals surface area (Å²) in [6, 6.07) is 19.4. The molecule has 0 aliphatic heterocycles. The van der Waals surface area contributed by atoms with Crippen molar-refractivity contribution in [3.05, 3.63) is 124 Å². The number of anilines is 2. The number of methoxy groups -OCH3 is 1. The van der Waals surface area contributed by atoms with Crippen molar-refractivity contribution in [2.75, 3.05) is 17.7 Å². The minimum atomic E-state index is -0.782. The molecule has 0 radical (unpaired) electrons. The number of benzene rings is 3. The highest BCUT2D eigenvalue weighted by Crippen LogP contribution is 2.37. The van der Waals surface area contributed by atoms with E-state index in [-0.39, 0.29) is 28.7 Å². The molecule has 3 N–H and O–H groups in total. The predicted molar refractivity (Wildman–Crippen MR) is 186 cm³/mol. The molecule has 2 atom stereocenters. The molecule has 1 aliphatic rings. The van der Waals surface area contributed by atoms with Gasteiger partial charge in [0.2, 0.25) is 0 Å². The monoisotopic (exact) mass is 693 g/mol. The standard InChI is InChI=1S/C37H33F2N7O5/c1-50-28-12-5-22(6-13-28)21-45-35-33(34(44-45)42-24-3-2-4-27(47)19-24)32(16-17-40-35)51-31-14-9-25(20-30(31)39)43-36(48)29-15-18-41-46(37(29)49)26-10-7-23(38)8-11-26/h5-18,20,24,27,47H,2-4,19,21H2,1H3,(H,42,44)(H,43,48). The molecule has 3 aromatic heterocycles. The van der Waals surface area contributed by atoms with Crippen LogP contribution in [-0.2, 0) is 6.54 Å². The summed E-state index contributed by atoms with van der Waals surface area (Å²) in [5, 5.41) is 25.7. The van der Waals surface area contributed by atoms with Crippen LogP contribution in [-0.4, -0.2) is 54.8 Å². The summed E-state index contributed by atoms with van der Waals surface area (Å²) in [5.74, 6) is -0.638. The van der Waals surface area contributed by atoms with Gasteiger partial charge >= 0.3 is 0 Å². The van der Waals surface area contributed by atoms with Gasteiger partial charge in [0.25, 0.3) is 11.5 Å². The van der Waals surface area contributed by atoms with Crippen LogP contribution in [0, 0.1) is 11.6 Å². The van der Waals surface area contributed by atoms with E-state index in [0.717, 1.165) is 41.3 Å². The van der Waals surface area contributed by atoms with Crippen LogP contribution in [0.4, 0.5) is 20.3 Å². The quantitative estimate of drug-likeness (QED) is 0.156. The molecule has 1 saturated carbocycles. The van der Waals surface area contributed by atoms with E-state index in [1.165, 1.54) is 48.7 Å². The predicted octanol–water partition coefficient (Wildman–Crippen LogP) is 6.07. The summed E-state index contributed by atoms with van der Waals surface area (Å²) in [6.07, 6.45) is 5.42. The van der Waals surface area contributed by atoms with Crippen LogP contribution in [0.1, 0.15) is 41.6 Å². The van der Waals surface area contributed by atoms with Crippen molar-refractivity contribution in [1.82, 2.24) is 24.5 Å². The first-order valence-electron chi connectivity index (χ1n) is 16.3. The van der Waals surface area contributed by atoms with Crippen LogP contribution in [0.5, 0.6) is 17.2 Å². The number of aromatic nitrogens is 5. The summed E-state index contributed by atoms with van der Waals surface area (Å²) in [7, 11) is 1.60. The molecule has 0 spiro atoms. The number of pyridine rings is 1. The van der Waals surface area contributed by atoms with Gasteiger partial charge in [-0.05, 0) is 85.8 Å². The van der Waals surface area contributed by atoms with Gasteiger partial charge < -0.3 is 25.2 Å². The first-order valence-corrected chi connectivity index (χ1v) is 16.3. The summed E-state index contributed by atoms with van der Waals surface area (Å²) >= 11 is 0. The van der Waals surface area contributed by atoms with Crippen LogP contribution in [0.15, 0.2) is 96.1 Å². The molecule has 51 heavy (non-hydrogen) atoms. The fraction of sp³-hybridized carbons (Fsp3) is 0.216. The number of hydrogen-bond donors (Lipinski definition) is 3. The maximum atomic E-state index is 15.6. The maximum absolute atomic E-state index is 15.6. The van der Waals surface area contributed by atoms with Gasteiger partial charge in [0.1, 0.15) is 28.3 Å². The average molecular weight is 694 g/mol. The number of aliphatic hydroxyl groups is 1. The lowest BCUT2D eigenvalue weighted by Crippen LogP contribution is -2.30. The first kappa shape index (κ1) is 33.4. The number of carbonyl (C=O) groups excluding carboxylic acids is 1. The minimum absolute atomic E-state index is 0.0332. The molecule has 260 valence electrons. The Balaban J connectivity index is 1.15. The number of halogens is 2. The number of ether oxygens (including phenoxy) is 2. The number of aliphatic hydroxyl groups excluding tert-OH is 1. The van der Waals surface area contributed by atoms with E-state index >= 15 is 4.39 Å². The van der Waals surface area contributed by atoms with Gasteiger partial charge in [0.05, 0.1) is 25.4 Å². The van der Waals surface area contributed by atoms with Crippen LogP contribution in [0.2, 0.25) is 0 Å². The zero-order valence-corrected chi connectivity index (χ0v) is 27.4. The molecular formula is C37H33F2N7O5. The summed E-state index contributed by atoms with van der Waals surface area (Å²) < 4.78 is 43.1. The second-order valence-electron chi connectivity index (χ2n) is 12.2. The van der Waals surface area contributed by atoms with Crippen molar-refractivity contribution in [3.8, 4) is 22.9 Å². The van der Waals surface area contributed by atoms with E-state index in [1.807, 2.05) is 24.3 Å². The molecule has 7 rings (SSSR count). The number of amides is 1. The Morgan fingerprint density at radius 1 is 0.980 bits per heavy atom. The second-order valence-corrected chi connectivity index (χ2v) is 12.2. The normalized spacial score (nSPS) is 15.8. The lowest BCUT2D eigenvalue weighted by Gasteiger charge is -2.26. The summed E-state index contributed by atoms with van der Waals surface area (Å²) in [4.78, 5) is 30.7. The van der Waals surface area contributed by atoms with Gasteiger partial charge in [-0.15, -0.1) is 0 Å². The van der Waals surface area contributed by atoms with Gasteiger partial charge in [-0.1, -0.05) is 12.1 Å². The van der Waals surface area contributed by atoms with Gasteiger partial charge in [0.15, 0.2) is 23.0 Å². The average Bonchev–Trinajstić information content (AvgIpc) is 3.47. The van der Waals surface area contributed by atoms with E-state index in [0.29, 0.717) is 35.6 Å². The molecule has 1 fully saturated rings. The van der Waals surface area contributed by atoms with Crippen LogP contribution >= 0.6 is 0 Å². The Hall–Kier alpha value is -6.15. The van der Waals surface area contributed by atoms with Crippen molar-refractivity contribution in [3.63, 3.8) is 0 Å². The number of fused-ring (bicyclic) bond motifs is 1. The third-order valence-corrected chi connectivity index (χ3v) is 8.65. The van der Waals surface area contributed by atoms with Crippen molar-refractivity contribution < 1.29 is 28.2 Å². The number of nitrogens with one attached hydrogen (secondary N) is 2. The zero-order chi connectivity index (χ0) is 35.5. The third kappa shape index (κ3) is 7.26. The SMILES string of the molecule is COc1ccc(Cn2nc(NC3CCCC(O)C3)c3c(Oc4ccc(NC(=O)c5ccnn(-c6ccc(F)cc6)c5=O)cc4F)ccnc32)cc1. The Morgan fingerprint density at radius 3 is 2.53 bits per heavy atom. The fourth-order valence-electron chi connectivity index (χ4n) is 6.09. The Kier molecular flexibility index (Phi) is 9.40. The van der Waals surface area contributed by atoms with E-state index < -0.39 is 29.2 Å². The van der Waals surface area contributed by atoms with Crippen LogP contribution in [0.3, 0.4) is 0 Å². The Labute approximate surface area is 290 Å². The zero-order valence-electron chi connectivity index (χ0n) is 27.4. The van der Waals surface area contributed by atoms with Crippen molar-refractivity contribution >= 4 is 28.4 Å². The smallest absolute Gasteiger partial charge is 0.284 e. The number of carbonyl (C=O) groups is 1. The van der Waals surface area contributed by atoms with Gasteiger partial charge in [-0.3, -0.25) is 9.59 Å². The Morgan fingerprint density at radius 2 is 1.78 bits per heavy atom. The topological polar surface area (TPSA) is 145 Å². The van der Waals surface area contributed by atoms with Crippen LogP contribution < -0.4 is 25.7 Å². The molecule has 12 nitrogen and oxygen atoms in total. The summed E-state index contributed by atoms with van der Waals surface area (Å²) in [6.45, 7) is 0.390. The van der Waals surface area contributed by atoms with E-state index in [2.05, 4.69) is 20.7 Å². The molecule has 3 aromatic carbocycles.